The highest BCUT2D eigenvalue weighted by Gasteiger charge is 2.27. The number of hydrogen-bond donors (Lipinski definition) is 1. The lowest BCUT2D eigenvalue weighted by molar-refractivity contribution is 0.385. The molecule has 1 N–H and O–H groups in total. The summed E-state index contributed by atoms with van der Waals surface area (Å²) in [5.41, 5.74) is 3.11. The zero-order chi connectivity index (χ0) is 14.5. The monoisotopic (exact) mass is 283 g/mol. The molecule has 1 heterocycles. The molecule has 1 aromatic heterocycles. The molecule has 2 atom stereocenters. The fourth-order valence-electron chi connectivity index (χ4n) is 3.34. The Bertz CT molecular complexity index is 546. The molecule has 2 nitrogen and oxygen atoms in total. The Morgan fingerprint density at radius 3 is 2.90 bits per heavy atom. The summed E-state index contributed by atoms with van der Waals surface area (Å²) < 4.78 is 5.46. The van der Waals surface area contributed by atoms with Crippen molar-refractivity contribution in [2.24, 2.45) is 0 Å². The highest BCUT2D eigenvalue weighted by Crippen LogP contribution is 2.38. The molecule has 1 aliphatic rings. The van der Waals surface area contributed by atoms with Crippen molar-refractivity contribution in [1.82, 2.24) is 5.32 Å². The minimum absolute atomic E-state index is 0.591. The van der Waals surface area contributed by atoms with Gasteiger partial charge in [0.05, 0.1) is 6.26 Å². The van der Waals surface area contributed by atoms with Crippen LogP contribution in [0, 0.1) is 0 Å². The molecule has 0 aliphatic heterocycles. The van der Waals surface area contributed by atoms with Crippen molar-refractivity contribution in [1.29, 1.82) is 0 Å². The largest absolute Gasteiger partial charge is 0.469 e. The van der Waals surface area contributed by atoms with Gasteiger partial charge < -0.3 is 9.73 Å². The molecule has 0 bridgehead atoms. The second-order valence-corrected chi connectivity index (χ2v) is 6.10. The summed E-state index contributed by atoms with van der Waals surface area (Å²) in [6.45, 7) is 3.34. The number of hydrogen-bond acceptors (Lipinski definition) is 2. The van der Waals surface area contributed by atoms with Crippen LogP contribution in [0.5, 0.6) is 0 Å². The van der Waals surface area contributed by atoms with Crippen LogP contribution in [0.2, 0.25) is 0 Å². The highest BCUT2D eigenvalue weighted by molar-refractivity contribution is 5.39. The number of furan rings is 1. The molecule has 1 aliphatic carbocycles. The Kier molecular flexibility index (Phi) is 4.76. The molecular weight excluding hydrogens is 258 g/mol. The van der Waals surface area contributed by atoms with Crippen LogP contribution in [0.3, 0.4) is 0 Å². The van der Waals surface area contributed by atoms with Gasteiger partial charge in [0, 0.05) is 12.5 Å². The lowest BCUT2D eigenvalue weighted by Crippen LogP contribution is -2.34. The third-order valence-corrected chi connectivity index (χ3v) is 4.53. The van der Waals surface area contributed by atoms with Crippen molar-refractivity contribution >= 4 is 0 Å². The van der Waals surface area contributed by atoms with Gasteiger partial charge in [-0.3, -0.25) is 0 Å². The molecule has 0 saturated carbocycles. The molecule has 3 rings (SSSR count). The number of rotatable bonds is 8. The normalized spacial score (nSPS) is 18.0. The Morgan fingerprint density at radius 2 is 2.14 bits per heavy atom. The first-order valence-corrected chi connectivity index (χ1v) is 8.20. The van der Waals surface area contributed by atoms with Crippen LogP contribution >= 0.6 is 0 Å². The second-order valence-electron chi connectivity index (χ2n) is 6.10. The van der Waals surface area contributed by atoms with Crippen molar-refractivity contribution < 1.29 is 4.42 Å². The Morgan fingerprint density at radius 1 is 1.24 bits per heavy atom. The van der Waals surface area contributed by atoms with Gasteiger partial charge in [0.2, 0.25) is 0 Å². The molecule has 0 radical (unpaired) electrons. The lowest BCUT2D eigenvalue weighted by atomic mass is 9.74. The number of nitrogens with one attached hydrogen (secondary N) is 1. The molecule has 2 unspecified atom stereocenters. The van der Waals surface area contributed by atoms with Crippen molar-refractivity contribution in [3.05, 3.63) is 59.5 Å². The average molecular weight is 283 g/mol. The molecule has 112 valence electrons. The Balaban J connectivity index is 1.55. The van der Waals surface area contributed by atoms with Crippen LogP contribution in [-0.2, 0) is 12.8 Å². The minimum Gasteiger partial charge on any atom is -0.469 e. The van der Waals surface area contributed by atoms with Gasteiger partial charge in [0.15, 0.2) is 0 Å². The van der Waals surface area contributed by atoms with Gasteiger partial charge in [-0.25, -0.2) is 0 Å². The van der Waals surface area contributed by atoms with E-state index in [-0.39, 0.29) is 0 Å². The molecule has 0 saturated heterocycles. The lowest BCUT2D eigenvalue weighted by Gasteiger charge is -2.33. The van der Waals surface area contributed by atoms with E-state index in [1.54, 1.807) is 17.4 Å². The summed E-state index contributed by atoms with van der Waals surface area (Å²) in [5, 5.41) is 3.72. The van der Waals surface area contributed by atoms with Gasteiger partial charge in [-0.05, 0) is 61.4 Å². The molecular formula is C19H25NO. The summed E-state index contributed by atoms with van der Waals surface area (Å²) in [4.78, 5) is 0. The fraction of sp³-hybridized carbons (Fsp3) is 0.474. The van der Waals surface area contributed by atoms with Crippen LogP contribution in [0.25, 0.3) is 0 Å². The van der Waals surface area contributed by atoms with Crippen LogP contribution in [0.4, 0.5) is 0 Å². The third-order valence-electron chi connectivity index (χ3n) is 4.53. The molecule has 0 spiro atoms. The summed E-state index contributed by atoms with van der Waals surface area (Å²) in [6, 6.07) is 13.5. The maximum absolute atomic E-state index is 5.46. The van der Waals surface area contributed by atoms with E-state index in [1.165, 1.54) is 19.3 Å². The zero-order valence-corrected chi connectivity index (χ0v) is 12.8. The van der Waals surface area contributed by atoms with E-state index in [0.717, 1.165) is 31.1 Å². The Hall–Kier alpha value is -1.54. The maximum atomic E-state index is 5.46. The van der Waals surface area contributed by atoms with Crippen molar-refractivity contribution in [2.45, 2.75) is 51.0 Å². The van der Waals surface area contributed by atoms with Crippen LogP contribution < -0.4 is 5.32 Å². The summed E-state index contributed by atoms with van der Waals surface area (Å²) in [7, 11) is 0. The first-order valence-electron chi connectivity index (χ1n) is 8.20. The van der Waals surface area contributed by atoms with Crippen molar-refractivity contribution in [3.63, 3.8) is 0 Å². The molecule has 2 aromatic rings. The minimum atomic E-state index is 0.591. The van der Waals surface area contributed by atoms with E-state index < -0.39 is 0 Å². The van der Waals surface area contributed by atoms with Crippen LogP contribution in [0.15, 0.2) is 47.1 Å². The highest BCUT2D eigenvalue weighted by atomic mass is 16.3. The second kappa shape index (κ2) is 6.95. The van der Waals surface area contributed by atoms with E-state index in [2.05, 4.69) is 42.6 Å². The van der Waals surface area contributed by atoms with Crippen molar-refractivity contribution in [2.75, 3.05) is 6.54 Å². The van der Waals surface area contributed by atoms with Crippen LogP contribution in [-0.4, -0.2) is 12.6 Å². The van der Waals surface area contributed by atoms with Gasteiger partial charge in [0.1, 0.15) is 5.76 Å². The predicted octanol–water partition coefficient (Wildman–Crippen LogP) is 4.31. The van der Waals surface area contributed by atoms with Gasteiger partial charge >= 0.3 is 0 Å². The van der Waals surface area contributed by atoms with Crippen molar-refractivity contribution in [3.8, 4) is 0 Å². The van der Waals surface area contributed by atoms with Crippen LogP contribution in [0.1, 0.15) is 49.0 Å². The van der Waals surface area contributed by atoms with E-state index in [4.69, 9.17) is 4.42 Å². The predicted molar refractivity (Wildman–Crippen MR) is 86.6 cm³/mol. The molecule has 1 aromatic carbocycles. The summed E-state index contributed by atoms with van der Waals surface area (Å²) >= 11 is 0. The first kappa shape index (κ1) is 14.4. The van der Waals surface area contributed by atoms with E-state index >= 15 is 0 Å². The number of aryl methyl sites for hydroxylation is 1. The van der Waals surface area contributed by atoms with Gasteiger partial charge in [0.25, 0.3) is 0 Å². The topological polar surface area (TPSA) is 25.2 Å². The first-order chi connectivity index (χ1) is 10.4. The maximum Gasteiger partial charge on any atom is 0.103 e. The molecule has 0 fully saturated rings. The molecule has 21 heavy (non-hydrogen) atoms. The standard InChI is InChI=1S/C19H25NO/c1-2-11-20-17(9-10-18-7-5-12-21-18)14-16-13-15-6-3-4-8-19(15)16/h3-8,12,16-17,20H,2,9-11,13-14H2,1H3. The average Bonchev–Trinajstić information content (AvgIpc) is 3.00. The van der Waals surface area contributed by atoms with E-state index in [0.29, 0.717) is 6.04 Å². The number of benzene rings is 1. The van der Waals surface area contributed by atoms with E-state index in [9.17, 15) is 0 Å². The molecule has 2 heteroatoms. The smallest absolute Gasteiger partial charge is 0.103 e. The van der Waals surface area contributed by atoms with Gasteiger partial charge in [-0.1, -0.05) is 31.2 Å². The zero-order valence-electron chi connectivity index (χ0n) is 12.8. The number of fused-ring (bicyclic) bond motifs is 1. The quantitative estimate of drug-likeness (QED) is 0.781. The summed E-state index contributed by atoms with van der Waals surface area (Å²) in [5.74, 6) is 1.85. The van der Waals surface area contributed by atoms with Gasteiger partial charge in [-0.2, -0.15) is 0 Å². The van der Waals surface area contributed by atoms with E-state index in [1.807, 2.05) is 6.07 Å². The third kappa shape index (κ3) is 3.56. The summed E-state index contributed by atoms with van der Waals surface area (Å²) in [6.07, 6.45) is 7.65. The fourth-order valence-corrected chi connectivity index (χ4v) is 3.34. The van der Waals surface area contributed by atoms with Gasteiger partial charge in [-0.15, -0.1) is 0 Å². The Labute approximate surface area is 127 Å². The molecule has 0 amide bonds. The SMILES string of the molecule is CCCNC(CCc1ccco1)CC1Cc2ccccc21.